The number of benzene rings is 1. The second kappa shape index (κ2) is 8.69. The van der Waals surface area contributed by atoms with E-state index in [9.17, 15) is 21.6 Å². The van der Waals surface area contributed by atoms with Crippen LogP contribution in [0.25, 0.3) is 0 Å². The molecule has 0 atom stereocenters. The number of nitrogens with one attached hydrogen (secondary N) is 1. The van der Waals surface area contributed by atoms with E-state index in [4.69, 9.17) is 0 Å². The third kappa shape index (κ3) is 4.66. The van der Waals surface area contributed by atoms with Crippen LogP contribution < -0.4 is 5.32 Å². The van der Waals surface area contributed by atoms with Gasteiger partial charge in [-0.05, 0) is 44.5 Å². The lowest BCUT2D eigenvalue weighted by Gasteiger charge is -2.22. The van der Waals surface area contributed by atoms with Gasteiger partial charge in [0.1, 0.15) is 4.90 Å². The summed E-state index contributed by atoms with van der Waals surface area (Å²) in [6, 6.07) is 5.92. The molecule has 2 heterocycles. The number of hydrogen-bond donors (Lipinski definition) is 1. The number of carbonyl (C=O) groups is 1. The maximum Gasteiger partial charge on any atom is 0.246 e. The molecule has 1 aromatic heterocycles. The monoisotopic (exact) mass is 469 g/mol. The van der Waals surface area contributed by atoms with Gasteiger partial charge in [-0.3, -0.25) is 9.48 Å². The second-order valence-electron chi connectivity index (χ2n) is 7.49. The number of anilines is 1. The van der Waals surface area contributed by atoms with Crippen molar-refractivity contribution in [3.05, 3.63) is 35.7 Å². The van der Waals surface area contributed by atoms with Gasteiger partial charge in [0, 0.05) is 45.8 Å². The van der Waals surface area contributed by atoms with Gasteiger partial charge in [0.2, 0.25) is 26.0 Å². The lowest BCUT2D eigenvalue weighted by atomic mass is 10.3. The summed E-state index contributed by atoms with van der Waals surface area (Å²) in [6.07, 6.45) is 0.376. The quantitative estimate of drug-likeness (QED) is 0.699. The zero-order valence-electron chi connectivity index (χ0n) is 18.0. The maximum absolute atomic E-state index is 13.2. The van der Waals surface area contributed by atoms with E-state index in [0.29, 0.717) is 23.5 Å². The van der Waals surface area contributed by atoms with Gasteiger partial charge in [-0.1, -0.05) is 0 Å². The SMILES string of the molecule is CC(=O)Nc1ccc(S(=O)(=O)N2CCCN(S(=O)(=O)c3c(C)nn(C)c3C)CC2)cc1. The van der Waals surface area contributed by atoms with Crippen molar-refractivity contribution in [3.8, 4) is 0 Å². The summed E-state index contributed by atoms with van der Waals surface area (Å²) in [7, 11) is -5.89. The van der Waals surface area contributed by atoms with Gasteiger partial charge in [0.15, 0.2) is 0 Å². The number of nitrogens with zero attached hydrogens (tertiary/aromatic N) is 4. The van der Waals surface area contributed by atoms with Crippen molar-refractivity contribution >= 4 is 31.6 Å². The molecule has 0 unspecified atom stereocenters. The highest BCUT2D eigenvalue weighted by molar-refractivity contribution is 7.89. The summed E-state index contributed by atoms with van der Waals surface area (Å²) in [5.74, 6) is -0.247. The van der Waals surface area contributed by atoms with E-state index in [-0.39, 0.29) is 41.9 Å². The Balaban J connectivity index is 1.79. The Hall–Kier alpha value is -2.28. The molecular formula is C19H27N5O5S2. The van der Waals surface area contributed by atoms with Crippen LogP contribution in [0, 0.1) is 13.8 Å². The Morgan fingerprint density at radius 2 is 1.48 bits per heavy atom. The molecule has 12 heteroatoms. The summed E-state index contributed by atoms with van der Waals surface area (Å²) < 4.78 is 56.7. The Kier molecular flexibility index (Phi) is 6.56. The molecule has 1 aliphatic rings. The topological polar surface area (TPSA) is 122 Å². The minimum atomic E-state index is -3.79. The van der Waals surface area contributed by atoms with E-state index in [1.54, 1.807) is 20.9 Å². The van der Waals surface area contributed by atoms with E-state index >= 15 is 0 Å². The van der Waals surface area contributed by atoms with Crippen molar-refractivity contribution in [1.82, 2.24) is 18.4 Å². The van der Waals surface area contributed by atoms with Gasteiger partial charge in [0.05, 0.1) is 16.3 Å². The number of sulfonamides is 2. The van der Waals surface area contributed by atoms with Crippen LogP contribution in [0.4, 0.5) is 5.69 Å². The molecule has 1 saturated heterocycles. The first kappa shape index (κ1) is 23.4. The summed E-state index contributed by atoms with van der Waals surface area (Å²) in [4.78, 5) is 11.4. The van der Waals surface area contributed by atoms with Crippen molar-refractivity contribution in [2.75, 3.05) is 31.5 Å². The fraction of sp³-hybridized carbons (Fsp3) is 0.474. The largest absolute Gasteiger partial charge is 0.326 e. The summed E-state index contributed by atoms with van der Waals surface area (Å²) in [6.45, 7) is 5.27. The van der Waals surface area contributed by atoms with E-state index in [2.05, 4.69) is 10.4 Å². The molecule has 0 radical (unpaired) electrons. The molecule has 3 rings (SSSR count). The molecule has 0 spiro atoms. The van der Waals surface area contributed by atoms with Crippen molar-refractivity contribution < 1.29 is 21.6 Å². The lowest BCUT2D eigenvalue weighted by Crippen LogP contribution is -2.37. The first-order valence-electron chi connectivity index (χ1n) is 9.82. The highest BCUT2D eigenvalue weighted by atomic mass is 32.2. The van der Waals surface area contributed by atoms with Crippen molar-refractivity contribution in [1.29, 1.82) is 0 Å². The second-order valence-corrected chi connectivity index (χ2v) is 11.3. The van der Waals surface area contributed by atoms with Crippen LogP contribution in [-0.2, 0) is 31.9 Å². The molecule has 1 N–H and O–H groups in total. The lowest BCUT2D eigenvalue weighted by molar-refractivity contribution is -0.114. The van der Waals surface area contributed by atoms with E-state index in [1.807, 2.05) is 0 Å². The average Bonchev–Trinajstić information content (AvgIpc) is 2.87. The van der Waals surface area contributed by atoms with Crippen LogP contribution in [0.15, 0.2) is 34.1 Å². The normalized spacial score (nSPS) is 16.8. The van der Waals surface area contributed by atoms with E-state index in [1.165, 1.54) is 44.5 Å². The maximum atomic E-state index is 13.2. The van der Waals surface area contributed by atoms with Gasteiger partial charge < -0.3 is 5.32 Å². The molecule has 1 aromatic carbocycles. The fourth-order valence-electron chi connectivity index (χ4n) is 3.67. The number of rotatable bonds is 5. The summed E-state index contributed by atoms with van der Waals surface area (Å²) in [5, 5.41) is 6.79. The van der Waals surface area contributed by atoms with Crippen molar-refractivity contribution in [2.45, 2.75) is 37.0 Å². The predicted molar refractivity (Wildman–Crippen MR) is 116 cm³/mol. The van der Waals surface area contributed by atoms with E-state index in [0.717, 1.165) is 0 Å². The molecule has 2 aromatic rings. The van der Waals surface area contributed by atoms with Crippen LogP contribution in [0.2, 0.25) is 0 Å². The van der Waals surface area contributed by atoms with Crippen LogP contribution in [-0.4, -0.2) is 67.3 Å². The molecule has 0 aliphatic carbocycles. The Bertz CT molecular complexity index is 1190. The highest BCUT2D eigenvalue weighted by Gasteiger charge is 2.34. The smallest absolute Gasteiger partial charge is 0.246 e. The fourth-order valence-corrected chi connectivity index (χ4v) is 7.01. The molecule has 1 aliphatic heterocycles. The zero-order chi connectivity index (χ0) is 23.0. The number of aromatic nitrogens is 2. The van der Waals surface area contributed by atoms with Crippen molar-refractivity contribution in [2.24, 2.45) is 7.05 Å². The molecule has 10 nitrogen and oxygen atoms in total. The molecule has 0 bridgehead atoms. The standard InChI is InChI=1S/C19H27N5O5S2/c1-14-19(15(2)22(4)21-14)31(28,29)24-11-5-10-23(12-13-24)30(26,27)18-8-6-17(7-9-18)20-16(3)25/h6-9H,5,10-13H2,1-4H3,(H,20,25). The number of aryl methyl sites for hydroxylation is 2. The van der Waals surface area contributed by atoms with Gasteiger partial charge in [-0.25, -0.2) is 16.8 Å². The minimum Gasteiger partial charge on any atom is -0.326 e. The number of hydrogen-bond acceptors (Lipinski definition) is 6. The van der Waals surface area contributed by atoms with Crippen LogP contribution in [0.1, 0.15) is 24.7 Å². The van der Waals surface area contributed by atoms with Crippen LogP contribution in [0.3, 0.4) is 0 Å². The number of amides is 1. The summed E-state index contributed by atoms with van der Waals surface area (Å²) in [5.41, 5.74) is 1.47. The Morgan fingerprint density at radius 3 is 1.97 bits per heavy atom. The van der Waals surface area contributed by atoms with Crippen molar-refractivity contribution in [3.63, 3.8) is 0 Å². The van der Waals surface area contributed by atoms with Crippen LogP contribution >= 0.6 is 0 Å². The van der Waals surface area contributed by atoms with Gasteiger partial charge in [-0.2, -0.15) is 13.7 Å². The minimum absolute atomic E-state index is 0.0490. The highest BCUT2D eigenvalue weighted by Crippen LogP contribution is 2.25. The molecule has 31 heavy (non-hydrogen) atoms. The van der Waals surface area contributed by atoms with Gasteiger partial charge in [-0.15, -0.1) is 0 Å². The average molecular weight is 470 g/mol. The third-order valence-electron chi connectivity index (χ3n) is 5.27. The van der Waals surface area contributed by atoms with E-state index < -0.39 is 20.0 Å². The Morgan fingerprint density at radius 1 is 0.935 bits per heavy atom. The first-order valence-corrected chi connectivity index (χ1v) is 12.7. The van der Waals surface area contributed by atoms with Gasteiger partial charge >= 0.3 is 0 Å². The molecular weight excluding hydrogens is 442 g/mol. The molecule has 0 saturated carbocycles. The predicted octanol–water partition coefficient (Wildman–Crippen LogP) is 1.08. The third-order valence-corrected chi connectivity index (χ3v) is 9.33. The molecule has 170 valence electrons. The number of carbonyl (C=O) groups excluding carboxylic acids is 1. The summed E-state index contributed by atoms with van der Waals surface area (Å²) >= 11 is 0. The zero-order valence-corrected chi connectivity index (χ0v) is 19.6. The van der Waals surface area contributed by atoms with Crippen LogP contribution in [0.5, 0.6) is 0 Å². The Labute approximate surface area is 182 Å². The first-order chi connectivity index (χ1) is 14.4. The van der Waals surface area contributed by atoms with Gasteiger partial charge in [0.25, 0.3) is 0 Å². The molecule has 1 fully saturated rings. The molecule has 1 amide bonds.